The summed E-state index contributed by atoms with van der Waals surface area (Å²) in [5.74, 6) is 2.06. The van der Waals surface area contributed by atoms with Gasteiger partial charge in [-0.15, -0.1) is 0 Å². The number of carbonyl (C=O) groups excluding carboxylic acids is 2. The number of rotatable bonds is 16. The minimum absolute atomic E-state index is 0.151. The van der Waals surface area contributed by atoms with E-state index in [0.717, 1.165) is 62.5 Å². The van der Waals surface area contributed by atoms with Crippen LogP contribution in [-0.2, 0) is 22.4 Å². The van der Waals surface area contributed by atoms with Crippen molar-refractivity contribution in [2.75, 3.05) is 10.6 Å². The molecule has 0 saturated carbocycles. The summed E-state index contributed by atoms with van der Waals surface area (Å²) in [5.41, 5.74) is 2.99. The Morgan fingerprint density at radius 2 is 1.02 bits per heavy atom. The first-order valence-electron chi connectivity index (χ1n) is 14.5. The van der Waals surface area contributed by atoms with Crippen molar-refractivity contribution in [3.05, 3.63) is 60.3 Å². The molecule has 2 amide bonds. The summed E-state index contributed by atoms with van der Waals surface area (Å²) in [5, 5.41) is 13.8. The number of aromatic nitrogens is 4. The third-order valence-electron chi connectivity index (χ3n) is 6.59. The Morgan fingerprint density at radius 3 is 1.41 bits per heavy atom. The minimum Gasteiger partial charge on any atom is -0.339 e. The van der Waals surface area contributed by atoms with E-state index in [1.807, 2.05) is 24.3 Å². The summed E-state index contributed by atoms with van der Waals surface area (Å²) in [6.07, 6.45) is 9.06. The van der Waals surface area contributed by atoms with Gasteiger partial charge in [-0.1, -0.05) is 49.8 Å². The maximum absolute atomic E-state index is 12.4. The monoisotopic (exact) mass is 558 g/mol. The average Bonchev–Trinajstić information content (AvgIpc) is 3.65. The first-order chi connectivity index (χ1) is 20.0. The molecule has 0 aliphatic rings. The predicted molar refractivity (Wildman–Crippen MR) is 157 cm³/mol. The van der Waals surface area contributed by atoms with Crippen molar-refractivity contribution in [2.24, 2.45) is 0 Å². The molecule has 0 bridgehead atoms. The third kappa shape index (κ3) is 9.37. The molecule has 0 radical (unpaired) electrons. The van der Waals surface area contributed by atoms with Gasteiger partial charge in [0.2, 0.25) is 35.2 Å². The van der Waals surface area contributed by atoms with Crippen molar-refractivity contribution in [2.45, 2.75) is 84.5 Å². The molecule has 216 valence electrons. The number of benzene rings is 2. The summed E-state index contributed by atoms with van der Waals surface area (Å²) in [6, 6.07) is 14.6. The Bertz CT molecular complexity index is 1270. The van der Waals surface area contributed by atoms with Crippen LogP contribution >= 0.6 is 0 Å². The van der Waals surface area contributed by atoms with E-state index in [0.29, 0.717) is 41.2 Å². The van der Waals surface area contributed by atoms with Crippen molar-refractivity contribution in [1.29, 1.82) is 0 Å². The Labute approximate surface area is 240 Å². The van der Waals surface area contributed by atoms with Crippen LogP contribution in [0.3, 0.4) is 0 Å². The van der Waals surface area contributed by atoms with Gasteiger partial charge in [-0.3, -0.25) is 9.59 Å². The Balaban J connectivity index is 1.16. The molecular weight excluding hydrogens is 520 g/mol. The van der Waals surface area contributed by atoms with Gasteiger partial charge in [-0.2, -0.15) is 9.97 Å². The molecule has 4 rings (SSSR count). The van der Waals surface area contributed by atoms with Gasteiger partial charge in [0.05, 0.1) is 0 Å². The number of carbonyl (C=O) groups is 2. The molecule has 2 N–H and O–H groups in total. The summed E-state index contributed by atoms with van der Waals surface area (Å²) in [7, 11) is 0. The van der Waals surface area contributed by atoms with E-state index in [-0.39, 0.29) is 24.7 Å². The van der Waals surface area contributed by atoms with Crippen LogP contribution in [0.1, 0.15) is 83.4 Å². The van der Waals surface area contributed by atoms with Crippen LogP contribution in [0.4, 0.5) is 11.4 Å². The van der Waals surface area contributed by atoms with E-state index in [4.69, 9.17) is 9.05 Å². The van der Waals surface area contributed by atoms with Crippen molar-refractivity contribution < 1.29 is 18.6 Å². The fraction of sp³-hybridized carbons (Fsp3) is 0.419. The van der Waals surface area contributed by atoms with Crippen molar-refractivity contribution in [3.63, 3.8) is 0 Å². The molecule has 10 nitrogen and oxygen atoms in total. The molecule has 2 heterocycles. The Hall–Kier alpha value is -4.34. The normalized spacial score (nSPS) is 11.0. The van der Waals surface area contributed by atoms with Gasteiger partial charge in [-0.25, -0.2) is 0 Å². The minimum atomic E-state index is -0.151. The van der Waals surface area contributed by atoms with Crippen LogP contribution in [0.5, 0.6) is 0 Å². The molecule has 0 atom stereocenters. The number of nitrogens with one attached hydrogen (secondary N) is 2. The molecule has 0 fully saturated rings. The van der Waals surface area contributed by atoms with Gasteiger partial charge in [0.15, 0.2) is 0 Å². The number of amides is 2. The Kier molecular flexibility index (Phi) is 11.2. The fourth-order valence-corrected chi connectivity index (χ4v) is 4.26. The van der Waals surface area contributed by atoms with Crippen molar-refractivity contribution in [1.82, 2.24) is 20.3 Å². The summed E-state index contributed by atoms with van der Waals surface area (Å²) in [4.78, 5) is 33.7. The van der Waals surface area contributed by atoms with Gasteiger partial charge >= 0.3 is 0 Å². The number of hydrogen-bond acceptors (Lipinski definition) is 8. The largest absolute Gasteiger partial charge is 0.339 e. The van der Waals surface area contributed by atoms with E-state index in [1.54, 1.807) is 24.3 Å². The first-order valence-corrected chi connectivity index (χ1v) is 14.5. The van der Waals surface area contributed by atoms with Gasteiger partial charge in [0, 0.05) is 48.2 Å². The van der Waals surface area contributed by atoms with Gasteiger partial charge < -0.3 is 19.7 Å². The van der Waals surface area contributed by atoms with Crippen LogP contribution in [-0.4, -0.2) is 32.1 Å². The summed E-state index contributed by atoms with van der Waals surface area (Å²) in [6.45, 7) is 4.31. The Morgan fingerprint density at radius 1 is 0.610 bits per heavy atom. The van der Waals surface area contributed by atoms with Crippen molar-refractivity contribution in [3.8, 4) is 22.8 Å². The molecular formula is C31H38N6O4. The number of hydrogen-bond donors (Lipinski definition) is 2. The van der Waals surface area contributed by atoms with Crippen LogP contribution < -0.4 is 10.6 Å². The maximum Gasteiger partial charge on any atom is 0.226 e. The zero-order chi connectivity index (χ0) is 28.9. The van der Waals surface area contributed by atoms with Crippen LogP contribution in [0.2, 0.25) is 0 Å². The maximum atomic E-state index is 12.4. The third-order valence-corrected chi connectivity index (χ3v) is 6.59. The smallest absolute Gasteiger partial charge is 0.226 e. The van der Waals surface area contributed by atoms with Gasteiger partial charge in [-0.05, 0) is 67.8 Å². The van der Waals surface area contributed by atoms with Gasteiger partial charge in [0.1, 0.15) is 0 Å². The lowest BCUT2D eigenvalue weighted by Crippen LogP contribution is -2.14. The molecule has 10 heteroatoms. The number of anilines is 2. The van der Waals surface area contributed by atoms with Crippen LogP contribution in [0.25, 0.3) is 22.8 Å². The quantitative estimate of drug-likeness (QED) is 0.140. The summed E-state index contributed by atoms with van der Waals surface area (Å²) < 4.78 is 10.7. The second-order valence-corrected chi connectivity index (χ2v) is 10.0. The number of nitrogens with zero attached hydrogens (tertiary/aromatic N) is 4. The number of unbranched alkanes of at least 4 members (excludes halogenated alkanes) is 4. The molecule has 2 aromatic heterocycles. The second kappa shape index (κ2) is 15.4. The lowest BCUT2D eigenvalue weighted by Gasteiger charge is -2.07. The molecule has 0 aliphatic heterocycles. The molecule has 2 aromatic carbocycles. The molecule has 41 heavy (non-hydrogen) atoms. The van der Waals surface area contributed by atoms with E-state index in [9.17, 15) is 9.59 Å². The van der Waals surface area contributed by atoms with Crippen molar-refractivity contribution >= 4 is 23.2 Å². The van der Waals surface area contributed by atoms with Crippen LogP contribution in [0.15, 0.2) is 57.6 Å². The van der Waals surface area contributed by atoms with E-state index >= 15 is 0 Å². The molecule has 0 saturated heterocycles. The average molecular weight is 559 g/mol. The van der Waals surface area contributed by atoms with E-state index in [2.05, 4.69) is 44.8 Å². The van der Waals surface area contributed by atoms with Gasteiger partial charge in [0.25, 0.3) is 0 Å². The fourth-order valence-electron chi connectivity index (χ4n) is 4.26. The second-order valence-electron chi connectivity index (χ2n) is 10.0. The highest BCUT2D eigenvalue weighted by molar-refractivity contribution is 5.93. The first kappa shape index (κ1) is 29.6. The zero-order valence-electron chi connectivity index (χ0n) is 23.8. The highest BCUT2D eigenvalue weighted by Crippen LogP contribution is 2.21. The van der Waals surface area contributed by atoms with Crippen LogP contribution in [0, 0.1) is 0 Å². The summed E-state index contributed by atoms with van der Waals surface area (Å²) >= 11 is 0. The lowest BCUT2D eigenvalue weighted by atomic mass is 10.1. The molecule has 0 unspecified atom stereocenters. The SMILES string of the molecule is CCCCCc1nc(-c2ccc(NC(=O)CCCC(=O)Nc3ccc(-c4noc(CCCCC)n4)cc3)cc2)no1. The highest BCUT2D eigenvalue weighted by atomic mass is 16.5. The van der Waals surface area contributed by atoms with E-state index < -0.39 is 0 Å². The topological polar surface area (TPSA) is 136 Å². The molecule has 0 spiro atoms. The zero-order valence-corrected chi connectivity index (χ0v) is 23.8. The molecule has 0 aliphatic carbocycles. The number of aryl methyl sites for hydroxylation is 2. The van der Waals surface area contributed by atoms with E-state index in [1.165, 1.54) is 0 Å². The predicted octanol–water partition coefficient (Wildman–Crippen LogP) is 7.00. The lowest BCUT2D eigenvalue weighted by molar-refractivity contribution is -0.117. The molecule has 4 aromatic rings. The standard InChI is InChI=1S/C31H38N6O4/c1-3-5-7-12-28-34-30(36-40-28)22-14-18-24(19-15-22)32-26(38)10-9-11-27(39)33-25-20-16-23(17-21-25)31-35-29(41-37-31)13-8-6-4-2/h14-21H,3-13H2,1-2H3,(H,32,38)(H,33,39). The highest BCUT2D eigenvalue weighted by Gasteiger charge is 2.11.